The minimum atomic E-state index is -4.42. The van der Waals surface area contributed by atoms with Gasteiger partial charge in [-0.1, -0.05) is 48.5 Å². The average Bonchev–Trinajstić information content (AvgIpc) is 2.94. The van der Waals surface area contributed by atoms with Gasteiger partial charge >= 0.3 is 13.8 Å². The predicted molar refractivity (Wildman–Crippen MR) is 147 cm³/mol. The lowest BCUT2D eigenvalue weighted by atomic mass is 10.1. The van der Waals surface area contributed by atoms with Crippen molar-refractivity contribution in [2.75, 3.05) is 19.8 Å². The fourth-order valence-electron chi connectivity index (χ4n) is 3.67. The summed E-state index contributed by atoms with van der Waals surface area (Å²) >= 11 is 0. The van der Waals surface area contributed by atoms with Crippen molar-refractivity contribution in [1.82, 2.24) is 10.3 Å². The number of aromatic nitrogens is 1. The first-order chi connectivity index (χ1) is 19.2. The Morgan fingerprint density at radius 3 is 2.27 bits per heavy atom. The molecule has 0 saturated heterocycles. The van der Waals surface area contributed by atoms with E-state index < -0.39 is 20.4 Å². The molecule has 0 unspecified atom stereocenters. The maximum absolute atomic E-state index is 12.9. The van der Waals surface area contributed by atoms with E-state index in [0.717, 1.165) is 11.1 Å². The topological polar surface area (TPSA) is 78.9 Å². The second-order valence-electron chi connectivity index (χ2n) is 8.71. The molecule has 216 valence electrons. The number of hydrogen-bond donors (Lipinski definition) is 1. The van der Waals surface area contributed by atoms with Crippen molar-refractivity contribution in [3.63, 3.8) is 0 Å². The second-order valence-corrected chi connectivity index (χ2v) is 10.6. The van der Waals surface area contributed by atoms with Crippen LogP contribution in [-0.4, -0.2) is 37.0 Å². The van der Waals surface area contributed by atoms with E-state index in [1.165, 1.54) is 24.1 Å². The number of nitrogens with one attached hydrogen (secondary N) is 1. The van der Waals surface area contributed by atoms with Crippen molar-refractivity contribution in [3.05, 3.63) is 102 Å². The molecule has 0 bridgehead atoms. The molecule has 0 spiro atoms. The van der Waals surface area contributed by atoms with Gasteiger partial charge in [0, 0.05) is 30.7 Å². The van der Waals surface area contributed by atoms with E-state index in [2.05, 4.69) is 10.3 Å². The van der Waals surface area contributed by atoms with Crippen LogP contribution in [0.25, 0.3) is 0 Å². The van der Waals surface area contributed by atoms with E-state index in [9.17, 15) is 17.7 Å². The molecule has 0 radical (unpaired) electrons. The smallest absolute Gasteiger partial charge is 0.422 e. The average molecular weight is 579 g/mol. The van der Waals surface area contributed by atoms with Gasteiger partial charge in [0.2, 0.25) is 0 Å². The van der Waals surface area contributed by atoms with Gasteiger partial charge in [-0.05, 0) is 49.6 Å². The highest BCUT2D eigenvalue weighted by Crippen LogP contribution is 2.49. The predicted octanol–water partition coefficient (Wildman–Crippen LogP) is 7.08. The molecule has 1 heterocycles. The lowest BCUT2D eigenvalue weighted by molar-refractivity contribution is -0.153. The third kappa shape index (κ3) is 11.5. The minimum absolute atomic E-state index is 0.0662. The number of benzene rings is 2. The van der Waals surface area contributed by atoms with Gasteiger partial charge in [-0.3, -0.25) is 9.55 Å². The fraction of sp³-hybridized carbons (Fsp3) is 0.345. The number of hydrogen-bond acceptors (Lipinski definition) is 7. The Morgan fingerprint density at radius 1 is 0.925 bits per heavy atom. The highest BCUT2D eigenvalue weighted by atomic mass is 31.2. The van der Waals surface area contributed by atoms with E-state index >= 15 is 0 Å². The zero-order valence-electron chi connectivity index (χ0n) is 22.5. The van der Waals surface area contributed by atoms with Gasteiger partial charge in [0.15, 0.2) is 6.61 Å². The molecular formula is C29H34F3N2O5P. The molecule has 3 aromatic rings. The zero-order valence-corrected chi connectivity index (χ0v) is 23.4. The highest BCUT2D eigenvalue weighted by molar-refractivity contribution is 7.57. The van der Waals surface area contributed by atoms with Gasteiger partial charge in [-0.2, -0.15) is 13.2 Å². The fourth-order valence-corrected chi connectivity index (χ4v) is 5.05. The van der Waals surface area contributed by atoms with Crippen molar-refractivity contribution in [1.29, 1.82) is 0 Å². The van der Waals surface area contributed by atoms with E-state index in [0.29, 0.717) is 24.4 Å². The number of rotatable bonds is 16. The normalized spacial score (nSPS) is 12.9. The van der Waals surface area contributed by atoms with E-state index in [4.69, 9.17) is 18.5 Å². The Morgan fingerprint density at radius 2 is 1.62 bits per heavy atom. The Bertz CT molecular complexity index is 1230. The number of nitrogens with zero attached hydrogens (tertiary/aromatic N) is 1. The summed E-state index contributed by atoms with van der Waals surface area (Å²) in [6, 6.07) is 20.0. The summed E-state index contributed by atoms with van der Waals surface area (Å²) in [6.45, 7) is 3.38. The summed E-state index contributed by atoms with van der Waals surface area (Å²) in [5.41, 5.74) is 2.56. The van der Waals surface area contributed by atoms with Crippen molar-refractivity contribution in [2.45, 2.75) is 45.6 Å². The zero-order chi connectivity index (χ0) is 28.8. The van der Waals surface area contributed by atoms with Crippen LogP contribution in [0.2, 0.25) is 0 Å². The SMILES string of the molecule is CCOP(=O)(/C=C/[C@@H](Cc1ccc(OCc2cc(OCC(F)(F)F)ccn2)cc1)NCc1ccccc1)OCC. The maximum Gasteiger partial charge on any atom is 0.422 e. The number of ether oxygens (including phenoxy) is 2. The first kappa shape index (κ1) is 31.4. The third-order valence-corrected chi connectivity index (χ3v) is 7.26. The number of alkyl halides is 3. The Kier molecular flexibility index (Phi) is 12.2. The summed E-state index contributed by atoms with van der Waals surface area (Å²) in [5.74, 6) is 2.16. The van der Waals surface area contributed by atoms with Gasteiger partial charge in [0.1, 0.15) is 18.1 Å². The molecule has 0 saturated carbocycles. The molecule has 0 amide bonds. The van der Waals surface area contributed by atoms with Gasteiger partial charge in [0.25, 0.3) is 0 Å². The van der Waals surface area contributed by atoms with E-state index in [1.807, 2.05) is 60.7 Å². The monoisotopic (exact) mass is 578 g/mol. The molecule has 1 N–H and O–H groups in total. The summed E-state index contributed by atoms with van der Waals surface area (Å²) < 4.78 is 71.5. The van der Waals surface area contributed by atoms with E-state index in [1.54, 1.807) is 13.8 Å². The molecule has 3 rings (SSSR count). The second kappa shape index (κ2) is 15.6. The number of halogens is 3. The third-order valence-electron chi connectivity index (χ3n) is 5.49. The van der Waals surface area contributed by atoms with Crippen LogP contribution < -0.4 is 14.8 Å². The number of pyridine rings is 1. The van der Waals surface area contributed by atoms with Crippen LogP contribution in [0.5, 0.6) is 11.5 Å². The van der Waals surface area contributed by atoms with Crippen LogP contribution in [0.4, 0.5) is 13.2 Å². The maximum atomic E-state index is 12.9. The summed E-state index contributed by atoms with van der Waals surface area (Å²) in [7, 11) is -3.35. The van der Waals surface area contributed by atoms with Crippen molar-refractivity contribution in [2.24, 2.45) is 0 Å². The highest BCUT2D eigenvalue weighted by Gasteiger charge is 2.28. The van der Waals surface area contributed by atoms with Crippen molar-refractivity contribution < 1.29 is 36.3 Å². The summed E-state index contributed by atoms with van der Waals surface area (Å²) in [4.78, 5) is 4.12. The molecule has 40 heavy (non-hydrogen) atoms. The van der Waals surface area contributed by atoms with Crippen molar-refractivity contribution in [3.8, 4) is 11.5 Å². The molecule has 2 aromatic carbocycles. The van der Waals surface area contributed by atoms with Gasteiger partial charge < -0.3 is 23.8 Å². The van der Waals surface area contributed by atoms with Crippen LogP contribution in [0.1, 0.15) is 30.7 Å². The van der Waals surface area contributed by atoms with Crippen LogP contribution in [0, 0.1) is 0 Å². The first-order valence-electron chi connectivity index (χ1n) is 12.9. The Balaban J connectivity index is 1.63. The van der Waals surface area contributed by atoms with Crippen LogP contribution in [-0.2, 0) is 33.2 Å². The van der Waals surface area contributed by atoms with E-state index in [-0.39, 0.29) is 31.6 Å². The Hall–Kier alpha value is -3.17. The molecule has 0 aliphatic rings. The molecule has 7 nitrogen and oxygen atoms in total. The lowest BCUT2D eigenvalue weighted by Gasteiger charge is -2.18. The van der Waals surface area contributed by atoms with Crippen LogP contribution in [0.3, 0.4) is 0 Å². The van der Waals surface area contributed by atoms with Gasteiger partial charge in [0.05, 0.1) is 18.9 Å². The summed E-state index contributed by atoms with van der Waals surface area (Å²) in [6.07, 6.45) is -0.625. The molecule has 0 fully saturated rings. The molecule has 11 heteroatoms. The minimum Gasteiger partial charge on any atom is -0.487 e. The largest absolute Gasteiger partial charge is 0.487 e. The molecule has 1 aromatic heterocycles. The molecule has 0 aliphatic carbocycles. The van der Waals surface area contributed by atoms with Gasteiger partial charge in [-0.25, -0.2) is 0 Å². The summed E-state index contributed by atoms with van der Waals surface area (Å²) in [5, 5.41) is 3.49. The molecule has 1 atom stereocenters. The lowest BCUT2D eigenvalue weighted by Crippen LogP contribution is -2.28. The Labute approximate surface area is 232 Å². The van der Waals surface area contributed by atoms with Crippen molar-refractivity contribution >= 4 is 7.60 Å². The quantitative estimate of drug-likeness (QED) is 0.182. The molecular weight excluding hydrogens is 544 g/mol. The van der Waals surface area contributed by atoms with Gasteiger partial charge in [-0.15, -0.1) is 0 Å². The van der Waals surface area contributed by atoms with Crippen LogP contribution >= 0.6 is 7.60 Å². The first-order valence-corrected chi connectivity index (χ1v) is 14.5. The molecule has 0 aliphatic heterocycles. The van der Waals surface area contributed by atoms with Crippen LogP contribution in [0.15, 0.2) is 84.8 Å². The standard InChI is InChI=1S/C29H34F3N2O5P/c1-3-38-40(35,39-4-2)17-15-25(34-20-24-8-6-5-7-9-24)18-23-10-12-27(13-11-23)36-21-26-19-28(14-16-33-26)37-22-29(30,31)32/h5-17,19,25,34H,3-4,18,20-22H2,1-2H3/b17-15+/t25-/m0/s1.